The maximum atomic E-state index is 13.1. The molecule has 4 heterocycles. The molecule has 0 aromatic heterocycles. The first-order chi connectivity index (χ1) is 33.3. The number of quaternary nitrogens is 2. The van der Waals surface area contributed by atoms with E-state index in [1.807, 2.05) is 24.3 Å². The summed E-state index contributed by atoms with van der Waals surface area (Å²) in [5, 5.41) is -0.348. The van der Waals surface area contributed by atoms with Gasteiger partial charge in [0.15, 0.2) is 46.0 Å². The molecule has 71 heavy (non-hydrogen) atoms. The Morgan fingerprint density at radius 1 is 0.577 bits per heavy atom. The van der Waals surface area contributed by atoms with Crippen LogP contribution in [0.5, 0.6) is 57.5 Å². The second kappa shape index (κ2) is 23.7. The van der Waals surface area contributed by atoms with E-state index in [4.69, 9.17) is 68.4 Å². The first-order valence-electron chi connectivity index (χ1n) is 23.2. The molecule has 0 N–H and O–H groups in total. The fourth-order valence-corrected chi connectivity index (χ4v) is 10.5. The van der Waals surface area contributed by atoms with Gasteiger partial charge < -0.3 is 90.6 Å². The van der Waals surface area contributed by atoms with E-state index in [0.29, 0.717) is 82.2 Å². The largest absolute Gasteiger partial charge is 1.00 e. The molecule has 4 atom stereocenters. The third-order valence-corrected chi connectivity index (χ3v) is 14.4. The molecule has 4 aromatic carbocycles. The number of ether oxygens (including phenoxy) is 12. The van der Waals surface area contributed by atoms with Gasteiger partial charge in [0.1, 0.15) is 17.1 Å². The van der Waals surface area contributed by atoms with Gasteiger partial charge >= 0.3 is 11.9 Å². The monoisotopic (exact) mass is 1040 g/mol. The van der Waals surface area contributed by atoms with Gasteiger partial charge in [-0.3, -0.25) is 0 Å². The number of fused-ring (bicyclic) bond motifs is 4. The highest BCUT2D eigenvalue weighted by Gasteiger charge is 2.42. The molecule has 386 valence electrons. The van der Waals surface area contributed by atoms with Crippen LogP contribution in [-0.2, 0) is 44.7 Å². The summed E-state index contributed by atoms with van der Waals surface area (Å²) < 4.78 is 69.6. The Morgan fingerprint density at radius 2 is 0.958 bits per heavy atom. The zero-order valence-corrected chi connectivity index (χ0v) is 43.8. The second-order valence-corrected chi connectivity index (χ2v) is 18.6. The van der Waals surface area contributed by atoms with Gasteiger partial charge in [0, 0.05) is 55.7 Å². The van der Waals surface area contributed by atoms with Crippen molar-refractivity contribution >= 4 is 23.5 Å². The lowest BCUT2D eigenvalue weighted by Gasteiger charge is -2.46. The van der Waals surface area contributed by atoms with Gasteiger partial charge in [-0.25, -0.2) is 9.59 Å². The van der Waals surface area contributed by atoms with Crippen molar-refractivity contribution < 1.29 is 100 Å². The molecule has 1 unspecified atom stereocenters. The van der Waals surface area contributed by atoms with Crippen molar-refractivity contribution in [2.24, 2.45) is 0 Å². The molecule has 4 aliphatic heterocycles. The maximum Gasteiger partial charge on any atom is 0.350 e. The highest BCUT2D eigenvalue weighted by Crippen LogP contribution is 2.48. The van der Waals surface area contributed by atoms with Crippen molar-refractivity contribution in [2.75, 3.05) is 110 Å². The average molecular weight is 1050 g/mol. The van der Waals surface area contributed by atoms with E-state index in [-0.39, 0.29) is 68.7 Å². The SMILES string of the molecule is COc1cc(CC2c3cc4c(cc3CC[N@@+]2(C)CCCOC(=O)/C(Cl)=C/C(=O)OCCC[N@+]2(C)CCc3cc5c(cc3[C@H]2Cc2cc(OC)c(OC)c(OC)c2)OCO5)OCO4)cc(OC)c1OC.[Cl-].[Cl-]. The summed E-state index contributed by atoms with van der Waals surface area (Å²) in [6.07, 6.45) is 5.09. The van der Waals surface area contributed by atoms with E-state index in [2.05, 4.69) is 38.4 Å². The number of hydrogen-bond donors (Lipinski definition) is 0. The quantitative estimate of drug-likeness (QED) is 0.0546. The molecule has 0 radical (unpaired) electrons. The van der Waals surface area contributed by atoms with E-state index in [0.717, 1.165) is 66.1 Å². The number of carbonyl (C=O) groups is 2. The smallest absolute Gasteiger partial charge is 0.350 e. The average Bonchev–Trinajstić information content (AvgIpc) is 4.03. The first-order valence-corrected chi connectivity index (χ1v) is 23.5. The number of nitrogens with zero attached hydrogens (tertiary/aromatic N) is 2. The summed E-state index contributed by atoms with van der Waals surface area (Å²) in [5.41, 5.74) is 6.79. The molecule has 0 spiro atoms. The first kappa shape index (κ1) is 54.7. The number of carbonyl (C=O) groups excluding carboxylic acids is 2. The third-order valence-electron chi connectivity index (χ3n) is 14.1. The lowest BCUT2D eigenvalue weighted by Crippen LogP contribution is -3.00. The van der Waals surface area contributed by atoms with Crippen molar-refractivity contribution in [3.8, 4) is 57.5 Å². The van der Waals surface area contributed by atoms with Crippen LogP contribution in [0.3, 0.4) is 0 Å². The van der Waals surface area contributed by atoms with Crippen LogP contribution in [0.1, 0.15) is 58.3 Å². The van der Waals surface area contributed by atoms with Crippen LogP contribution in [0, 0.1) is 0 Å². The normalized spacial score (nSPS) is 20.3. The molecule has 0 bridgehead atoms. The lowest BCUT2D eigenvalue weighted by molar-refractivity contribution is -0.941. The van der Waals surface area contributed by atoms with Crippen LogP contribution >= 0.6 is 11.6 Å². The zero-order valence-electron chi connectivity index (χ0n) is 41.5. The molecular formula is C52H63Cl3N2O14. The molecule has 0 amide bonds. The molecular weight excluding hydrogens is 983 g/mol. The van der Waals surface area contributed by atoms with Gasteiger partial charge in [0.25, 0.3) is 0 Å². The van der Waals surface area contributed by atoms with Crippen molar-refractivity contribution in [3.63, 3.8) is 0 Å². The van der Waals surface area contributed by atoms with Crippen molar-refractivity contribution in [2.45, 2.75) is 50.6 Å². The third kappa shape index (κ3) is 11.7. The standard InChI is InChI=1S/C52H63ClN2O14.2ClH/c1-54(15-11-34-25-41-43(68-30-66-41)27-36(34)39(54)19-32-21-45(58-3)50(62-7)46(22-32)59-4)13-9-17-64-49(56)29-38(53)52(57)65-18-10-14-55(2)16-12-35-26-42-44(69-31-67-42)28-37(35)40(55)20-33-23-47(60-5)51(63-8)48(24-33)61-6;;/h21-29,39-40H,9-20,30-31H2,1-8H3;2*1H/q+2;;/p-2/b38-29-;;/t39-,40?,54-,55-;;/m1../s1. The number of hydrogen-bond acceptors (Lipinski definition) is 14. The maximum absolute atomic E-state index is 13.1. The molecule has 0 saturated carbocycles. The minimum Gasteiger partial charge on any atom is -1.00 e. The Kier molecular flexibility index (Phi) is 18.3. The van der Waals surface area contributed by atoms with Crippen LogP contribution in [0.2, 0.25) is 0 Å². The van der Waals surface area contributed by atoms with Crippen molar-refractivity contribution in [1.82, 2.24) is 0 Å². The zero-order chi connectivity index (χ0) is 48.9. The van der Waals surface area contributed by atoms with E-state index >= 15 is 0 Å². The van der Waals surface area contributed by atoms with Gasteiger partial charge in [-0.15, -0.1) is 0 Å². The minimum absolute atomic E-state index is 0. The topological polar surface area (TPSA) is 145 Å². The Bertz CT molecular complexity index is 2550. The van der Waals surface area contributed by atoms with Gasteiger partial charge in [-0.05, 0) is 70.8 Å². The number of benzene rings is 4. The van der Waals surface area contributed by atoms with Crippen LogP contribution in [0.4, 0.5) is 0 Å². The summed E-state index contributed by atoms with van der Waals surface area (Å²) in [4.78, 5) is 26.1. The Morgan fingerprint density at radius 3 is 1.34 bits per heavy atom. The summed E-state index contributed by atoms with van der Waals surface area (Å²) in [6.45, 7) is 3.69. The van der Waals surface area contributed by atoms with Gasteiger partial charge in [0.2, 0.25) is 25.1 Å². The number of likely N-dealkylation sites (N-methyl/N-ethyl adjacent to an activating group) is 2. The molecule has 19 heteroatoms. The molecule has 8 rings (SSSR count). The second-order valence-electron chi connectivity index (χ2n) is 18.2. The van der Waals surface area contributed by atoms with E-state index in [9.17, 15) is 9.59 Å². The lowest BCUT2D eigenvalue weighted by atomic mass is 9.86. The molecule has 4 aromatic rings. The van der Waals surface area contributed by atoms with Gasteiger partial charge in [0.05, 0.1) is 96.1 Å². The van der Waals surface area contributed by atoms with E-state index in [1.54, 1.807) is 42.7 Å². The Hall–Kier alpha value is -5.65. The van der Waals surface area contributed by atoms with Gasteiger partial charge in [-0.1, -0.05) is 11.6 Å². The van der Waals surface area contributed by atoms with Crippen LogP contribution in [0.25, 0.3) is 0 Å². The fourth-order valence-electron chi connectivity index (χ4n) is 10.4. The summed E-state index contributed by atoms with van der Waals surface area (Å²) >= 11 is 6.35. The van der Waals surface area contributed by atoms with Gasteiger partial charge in [-0.2, -0.15) is 0 Å². The molecule has 16 nitrogen and oxygen atoms in total. The molecule has 4 aliphatic rings. The number of halogens is 3. The van der Waals surface area contributed by atoms with Crippen molar-refractivity contribution in [1.29, 1.82) is 0 Å². The number of rotatable bonds is 20. The minimum atomic E-state index is -0.789. The Balaban J connectivity index is 0.00000413. The summed E-state index contributed by atoms with van der Waals surface area (Å²) in [6, 6.07) is 16.3. The van der Waals surface area contributed by atoms with E-state index in [1.165, 1.54) is 22.3 Å². The van der Waals surface area contributed by atoms with Crippen molar-refractivity contribution in [3.05, 3.63) is 93.0 Å². The van der Waals surface area contributed by atoms with Crippen LogP contribution < -0.4 is 72.2 Å². The molecule has 0 saturated heterocycles. The molecule has 0 aliphatic carbocycles. The summed E-state index contributed by atoms with van der Waals surface area (Å²) in [7, 11) is 14.1. The summed E-state index contributed by atoms with van der Waals surface area (Å²) in [5.74, 6) is 4.84. The van der Waals surface area contributed by atoms with E-state index < -0.39 is 11.9 Å². The van der Waals surface area contributed by atoms with Crippen LogP contribution in [-0.4, -0.2) is 131 Å². The molecule has 0 fully saturated rings. The highest BCUT2D eigenvalue weighted by molar-refractivity contribution is 6.42. The fraction of sp³-hybridized carbons (Fsp3) is 0.462. The number of methoxy groups -OCH3 is 6. The highest BCUT2D eigenvalue weighted by atomic mass is 35.5. The predicted molar refractivity (Wildman–Crippen MR) is 255 cm³/mol. The van der Waals surface area contributed by atoms with Crippen LogP contribution in [0.15, 0.2) is 59.6 Å². The number of esters is 2. The Labute approximate surface area is 432 Å². The predicted octanol–water partition coefficient (Wildman–Crippen LogP) is 1.47.